The first-order valence-corrected chi connectivity index (χ1v) is 14.0. The zero-order chi connectivity index (χ0) is 29.3. The molecule has 0 spiro atoms. The molecule has 4 aromatic rings. The molecule has 6 rings (SSSR count). The number of fused-ring (bicyclic) bond motifs is 2. The van der Waals surface area contributed by atoms with Crippen molar-refractivity contribution in [2.24, 2.45) is 0 Å². The minimum absolute atomic E-state index is 0.193. The molecule has 0 N–H and O–H groups in total. The molecule has 0 radical (unpaired) electrons. The second-order valence-corrected chi connectivity index (χ2v) is 10.6. The Morgan fingerprint density at radius 1 is 0.585 bits per heavy atom. The van der Waals surface area contributed by atoms with E-state index in [9.17, 15) is 18.6 Å². The van der Waals surface area contributed by atoms with Gasteiger partial charge in [-0.05, 0) is 65.7 Å². The van der Waals surface area contributed by atoms with Gasteiger partial charge in [0, 0.05) is 11.5 Å². The quantitative estimate of drug-likeness (QED) is 0.178. The third-order valence-electron chi connectivity index (χ3n) is 6.74. The SMILES string of the molecule is CC.CC(C)(c1ccc(Oc2ccc3c(c2)C(=O)OC3=O)cc1)c1ccc(Oc2ccc3c(c2)S(=O)OC3=O)cc1. The normalized spacial score (nSPS) is 15.2. The molecule has 208 valence electrons. The monoisotopic (exact) mass is 570 g/mol. The molecule has 9 heteroatoms. The van der Waals surface area contributed by atoms with Crippen LogP contribution in [0.15, 0.2) is 89.8 Å². The average Bonchev–Trinajstić information content (AvgIpc) is 3.42. The van der Waals surface area contributed by atoms with Gasteiger partial charge in [-0.3, -0.25) is 0 Å². The van der Waals surface area contributed by atoms with E-state index < -0.39 is 29.0 Å². The summed E-state index contributed by atoms with van der Waals surface area (Å²) in [5, 5.41) is 0. The van der Waals surface area contributed by atoms with Crippen molar-refractivity contribution >= 4 is 29.0 Å². The maximum atomic E-state index is 11.9. The Bertz CT molecular complexity index is 1560. The van der Waals surface area contributed by atoms with E-state index in [0.717, 1.165) is 11.1 Å². The number of esters is 2. The molecule has 0 aromatic heterocycles. The van der Waals surface area contributed by atoms with Crippen LogP contribution < -0.4 is 9.47 Å². The standard InChI is InChI=1S/C30H20O8S.C2H6/c1-30(2,17-3-7-19(8-4-17)35-21-11-13-23-25(15-21)28(32)37-27(23)31)18-5-9-20(10-6-18)36-22-12-14-24-26(16-22)39(34)38-29(24)33;1-2/h3-16H,1-2H3;1-2H3. The van der Waals surface area contributed by atoms with Crippen LogP contribution in [-0.2, 0) is 25.4 Å². The van der Waals surface area contributed by atoms with Crippen molar-refractivity contribution in [2.45, 2.75) is 38.0 Å². The van der Waals surface area contributed by atoms with Crippen molar-refractivity contribution in [1.82, 2.24) is 0 Å². The molecule has 0 fully saturated rings. The summed E-state index contributed by atoms with van der Waals surface area (Å²) in [4.78, 5) is 35.4. The van der Waals surface area contributed by atoms with Gasteiger partial charge in [0.15, 0.2) is 0 Å². The topological polar surface area (TPSA) is 105 Å². The van der Waals surface area contributed by atoms with Crippen molar-refractivity contribution in [2.75, 3.05) is 0 Å². The molecular weight excluding hydrogens is 544 g/mol. The van der Waals surface area contributed by atoms with Crippen LogP contribution >= 0.6 is 0 Å². The number of benzene rings is 4. The molecule has 1 unspecified atom stereocenters. The van der Waals surface area contributed by atoms with Gasteiger partial charge in [0.2, 0.25) is 11.1 Å². The van der Waals surface area contributed by atoms with Gasteiger partial charge in [0.25, 0.3) is 0 Å². The van der Waals surface area contributed by atoms with Crippen molar-refractivity contribution in [3.8, 4) is 23.0 Å². The zero-order valence-corrected chi connectivity index (χ0v) is 23.6. The van der Waals surface area contributed by atoms with Crippen LogP contribution in [0.3, 0.4) is 0 Å². The number of rotatable bonds is 6. The van der Waals surface area contributed by atoms with E-state index in [-0.39, 0.29) is 22.1 Å². The van der Waals surface area contributed by atoms with Crippen LogP contribution in [0.1, 0.15) is 69.9 Å². The lowest BCUT2D eigenvalue weighted by molar-refractivity contribution is 0.0443. The van der Waals surface area contributed by atoms with Crippen LogP contribution in [0.2, 0.25) is 0 Å². The highest BCUT2D eigenvalue weighted by Gasteiger charge is 2.31. The molecule has 8 nitrogen and oxygen atoms in total. The first kappa shape index (κ1) is 27.8. The van der Waals surface area contributed by atoms with Gasteiger partial charge in [-0.25, -0.2) is 18.6 Å². The van der Waals surface area contributed by atoms with Gasteiger partial charge in [-0.15, -0.1) is 0 Å². The maximum Gasteiger partial charge on any atom is 0.353 e. The summed E-state index contributed by atoms with van der Waals surface area (Å²) in [6.45, 7) is 8.21. The third kappa shape index (κ3) is 5.36. The van der Waals surface area contributed by atoms with Gasteiger partial charge in [0.05, 0.1) is 21.6 Å². The van der Waals surface area contributed by atoms with E-state index in [4.69, 9.17) is 13.7 Å². The van der Waals surface area contributed by atoms with Gasteiger partial charge < -0.3 is 18.4 Å². The molecule has 0 bridgehead atoms. The van der Waals surface area contributed by atoms with Gasteiger partial charge in [0.1, 0.15) is 23.0 Å². The summed E-state index contributed by atoms with van der Waals surface area (Å²) in [7, 11) is 0. The van der Waals surface area contributed by atoms with E-state index in [1.165, 1.54) is 12.1 Å². The summed E-state index contributed by atoms with van der Waals surface area (Å²) in [6, 6.07) is 24.6. The van der Waals surface area contributed by atoms with E-state index in [0.29, 0.717) is 27.9 Å². The predicted octanol–water partition coefficient (Wildman–Crippen LogP) is 7.13. The fraction of sp³-hybridized carbons (Fsp3) is 0.156. The Labute approximate surface area is 239 Å². The van der Waals surface area contributed by atoms with Crippen LogP contribution in [0.5, 0.6) is 23.0 Å². The van der Waals surface area contributed by atoms with Crippen molar-refractivity contribution in [3.63, 3.8) is 0 Å². The first-order valence-electron chi connectivity index (χ1n) is 12.9. The molecule has 2 aliphatic heterocycles. The zero-order valence-electron chi connectivity index (χ0n) is 22.8. The highest BCUT2D eigenvalue weighted by molar-refractivity contribution is 7.81. The molecule has 41 heavy (non-hydrogen) atoms. The summed E-state index contributed by atoms with van der Waals surface area (Å²) >= 11 is -1.82. The first-order chi connectivity index (χ1) is 19.7. The Morgan fingerprint density at radius 3 is 1.61 bits per heavy atom. The molecule has 1 atom stereocenters. The van der Waals surface area contributed by atoms with E-state index in [1.54, 1.807) is 24.3 Å². The van der Waals surface area contributed by atoms with Gasteiger partial charge >= 0.3 is 17.9 Å². The molecule has 2 aliphatic rings. The Hall–Kier alpha value is -4.76. The molecule has 0 saturated carbocycles. The second-order valence-electron chi connectivity index (χ2n) is 9.53. The lowest BCUT2D eigenvalue weighted by atomic mass is 9.78. The largest absolute Gasteiger partial charge is 0.457 e. The number of cyclic esters (lactones) is 2. The molecule has 4 aromatic carbocycles. The lowest BCUT2D eigenvalue weighted by Crippen LogP contribution is -2.18. The molecular formula is C32H26O8S. The number of carbonyl (C=O) groups is 3. The summed E-state index contributed by atoms with van der Waals surface area (Å²) < 4.78 is 33.1. The summed E-state index contributed by atoms with van der Waals surface area (Å²) in [6.07, 6.45) is 0. The molecule has 2 heterocycles. The van der Waals surface area contributed by atoms with Crippen molar-refractivity contribution < 1.29 is 37.0 Å². The lowest BCUT2D eigenvalue weighted by Gasteiger charge is -2.26. The third-order valence-corrected chi connectivity index (χ3v) is 7.74. The Kier molecular flexibility index (Phi) is 7.47. The minimum Gasteiger partial charge on any atom is -0.457 e. The molecule has 0 aliphatic carbocycles. The predicted molar refractivity (Wildman–Crippen MR) is 151 cm³/mol. The number of ether oxygens (including phenoxy) is 3. The minimum atomic E-state index is -1.82. The Balaban J connectivity index is 0.00000165. The number of hydrogen-bond acceptors (Lipinski definition) is 8. The summed E-state index contributed by atoms with van der Waals surface area (Å²) in [5.41, 5.74) is 2.48. The fourth-order valence-corrected chi connectivity index (χ4v) is 5.34. The second kappa shape index (κ2) is 11.0. The van der Waals surface area contributed by atoms with Gasteiger partial charge in [-0.2, -0.15) is 0 Å². The smallest absolute Gasteiger partial charge is 0.353 e. The van der Waals surface area contributed by atoms with Gasteiger partial charge in [-0.1, -0.05) is 52.0 Å². The fourth-order valence-electron chi connectivity index (χ4n) is 4.48. The summed E-state index contributed by atoms with van der Waals surface area (Å²) in [5.74, 6) is 0.123. The van der Waals surface area contributed by atoms with Crippen LogP contribution in [0.4, 0.5) is 0 Å². The number of carbonyl (C=O) groups excluding carboxylic acids is 3. The maximum absolute atomic E-state index is 11.9. The number of hydrogen-bond donors (Lipinski definition) is 0. The average molecular weight is 571 g/mol. The van der Waals surface area contributed by atoms with Crippen LogP contribution in [0, 0.1) is 0 Å². The highest BCUT2D eigenvalue weighted by Crippen LogP contribution is 2.36. The van der Waals surface area contributed by atoms with Crippen LogP contribution in [-0.4, -0.2) is 22.1 Å². The van der Waals surface area contributed by atoms with Crippen molar-refractivity contribution in [1.29, 1.82) is 0 Å². The highest BCUT2D eigenvalue weighted by atomic mass is 32.2. The Morgan fingerprint density at radius 2 is 1.05 bits per heavy atom. The van der Waals surface area contributed by atoms with Crippen LogP contribution in [0.25, 0.3) is 0 Å². The van der Waals surface area contributed by atoms with Crippen molar-refractivity contribution in [3.05, 3.63) is 113 Å². The van der Waals surface area contributed by atoms with E-state index in [1.807, 2.05) is 62.4 Å². The van der Waals surface area contributed by atoms with E-state index >= 15 is 0 Å². The molecule has 0 amide bonds. The van der Waals surface area contributed by atoms with E-state index in [2.05, 4.69) is 18.6 Å². The molecule has 0 saturated heterocycles.